The smallest absolute Gasteiger partial charge is 0.256 e. The Morgan fingerprint density at radius 3 is 2.78 bits per heavy atom. The van der Waals surface area contributed by atoms with Crippen LogP contribution in [-0.4, -0.2) is 59.7 Å². The summed E-state index contributed by atoms with van der Waals surface area (Å²) in [6.07, 6.45) is 7.59. The van der Waals surface area contributed by atoms with Gasteiger partial charge in [-0.15, -0.1) is 0 Å². The number of carbonyl (C=O) groups excluding carboxylic acids is 2. The second kappa shape index (κ2) is 10.7. The molecule has 36 heavy (non-hydrogen) atoms. The van der Waals surface area contributed by atoms with Crippen LogP contribution < -0.4 is 10.1 Å². The van der Waals surface area contributed by atoms with Crippen molar-refractivity contribution < 1.29 is 19.1 Å². The van der Waals surface area contributed by atoms with Crippen LogP contribution in [-0.2, 0) is 22.5 Å². The highest BCUT2D eigenvalue weighted by Gasteiger charge is 2.28. The van der Waals surface area contributed by atoms with Crippen LogP contribution in [0.3, 0.4) is 0 Å². The van der Waals surface area contributed by atoms with E-state index in [1.807, 2.05) is 28.8 Å². The van der Waals surface area contributed by atoms with Crippen molar-refractivity contribution in [3.63, 3.8) is 0 Å². The number of aromatic nitrogens is 2. The van der Waals surface area contributed by atoms with E-state index in [-0.39, 0.29) is 23.8 Å². The van der Waals surface area contributed by atoms with Crippen molar-refractivity contribution in [1.82, 2.24) is 14.5 Å². The fourth-order valence-corrected chi connectivity index (χ4v) is 5.36. The summed E-state index contributed by atoms with van der Waals surface area (Å²) in [5.74, 6) is 0.803. The molecule has 1 fully saturated rings. The maximum atomic E-state index is 13.8. The van der Waals surface area contributed by atoms with Crippen LogP contribution in [0.1, 0.15) is 48.0 Å². The van der Waals surface area contributed by atoms with Gasteiger partial charge in [0.2, 0.25) is 5.91 Å². The maximum absolute atomic E-state index is 13.8. The van der Waals surface area contributed by atoms with Gasteiger partial charge < -0.3 is 24.3 Å². The molecule has 1 aromatic heterocycles. The zero-order valence-corrected chi connectivity index (χ0v) is 21.0. The quantitative estimate of drug-likeness (QED) is 0.510. The fourth-order valence-electron chi connectivity index (χ4n) is 5.36. The lowest BCUT2D eigenvalue weighted by molar-refractivity contribution is -0.120. The number of amides is 2. The fraction of sp³-hybridized carbons (Fsp3) is 0.464. The normalized spacial score (nSPS) is 17.6. The number of hydrogen-bond donors (Lipinski definition) is 1. The van der Waals surface area contributed by atoms with Gasteiger partial charge in [0, 0.05) is 38.7 Å². The van der Waals surface area contributed by atoms with E-state index in [0.29, 0.717) is 36.5 Å². The van der Waals surface area contributed by atoms with Gasteiger partial charge >= 0.3 is 0 Å². The Kier molecular flexibility index (Phi) is 7.23. The topological polar surface area (TPSA) is 85.7 Å². The SMILES string of the molecule is COCCn1cnc2cc(NC(=O)C3CCCCC3)cc(C(=O)N(C)CC3Cc4ccccc4O3)c21. The molecule has 2 heterocycles. The number of likely N-dealkylation sites (N-methyl/N-ethyl adjacent to an activating group) is 1. The molecule has 5 rings (SSSR count). The van der Waals surface area contributed by atoms with Gasteiger partial charge in [-0.25, -0.2) is 4.98 Å². The molecule has 2 amide bonds. The molecule has 2 aliphatic rings. The van der Waals surface area contributed by atoms with Crippen molar-refractivity contribution in [3.05, 3.63) is 53.9 Å². The van der Waals surface area contributed by atoms with Gasteiger partial charge in [0.25, 0.3) is 5.91 Å². The van der Waals surface area contributed by atoms with Crippen molar-refractivity contribution >= 4 is 28.5 Å². The number of nitrogens with one attached hydrogen (secondary N) is 1. The second-order valence-electron chi connectivity index (χ2n) is 9.88. The second-order valence-corrected chi connectivity index (χ2v) is 9.88. The lowest BCUT2D eigenvalue weighted by Crippen LogP contribution is -2.36. The van der Waals surface area contributed by atoms with Gasteiger partial charge in [0.1, 0.15) is 11.9 Å². The average Bonchev–Trinajstić information content (AvgIpc) is 3.50. The van der Waals surface area contributed by atoms with Crippen molar-refractivity contribution in [2.75, 3.05) is 32.6 Å². The van der Waals surface area contributed by atoms with E-state index in [0.717, 1.165) is 48.9 Å². The first-order valence-electron chi connectivity index (χ1n) is 12.8. The van der Waals surface area contributed by atoms with Crippen LogP contribution in [0.25, 0.3) is 11.0 Å². The van der Waals surface area contributed by atoms with Crippen LogP contribution in [0.4, 0.5) is 5.69 Å². The lowest BCUT2D eigenvalue weighted by Gasteiger charge is -2.23. The number of ether oxygens (including phenoxy) is 2. The number of hydrogen-bond acceptors (Lipinski definition) is 5. The van der Waals surface area contributed by atoms with Crippen molar-refractivity contribution in [2.24, 2.45) is 5.92 Å². The van der Waals surface area contributed by atoms with Crippen molar-refractivity contribution in [3.8, 4) is 5.75 Å². The van der Waals surface area contributed by atoms with Crippen molar-refractivity contribution in [2.45, 2.75) is 51.2 Å². The molecule has 0 bridgehead atoms. The summed E-state index contributed by atoms with van der Waals surface area (Å²) in [5.41, 5.74) is 3.70. The van der Waals surface area contributed by atoms with E-state index in [4.69, 9.17) is 9.47 Å². The molecule has 190 valence electrons. The molecule has 1 unspecified atom stereocenters. The first-order chi connectivity index (χ1) is 17.5. The van der Waals surface area contributed by atoms with Crippen LogP contribution in [0.2, 0.25) is 0 Å². The van der Waals surface area contributed by atoms with Gasteiger partial charge in [-0.1, -0.05) is 37.5 Å². The standard InChI is InChI=1S/C28H34N4O4/c1-31(17-22-14-20-10-6-7-11-25(20)36-22)28(34)23-15-21(30-27(33)19-8-4-3-5-9-19)16-24-26(23)32(18-29-24)12-13-35-2/h6-7,10-11,15-16,18-19,22H,3-5,8-9,12-14,17H2,1-2H3,(H,30,33). The highest BCUT2D eigenvalue weighted by Crippen LogP contribution is 2.30. The summed E-state index contributed by atoms with van der Waals surface area (Å²) in [7, 11) is 3.45. The lowest BCUT2D eigenvalue weighted by atomic mass is 9.88. The van der Waals surface area contributed by atoms with E-state index < -0.39 is 0 Å². The zero-order chi connectivity index (χ0) is 25.1. The Labute approximate surface area is 211 Å². The monoisotopic (exact) mass is 490 g/mol. The molecular weight excluding hydrogens is 456 g/mol. The Balaban J connectivity index is 1.40. The first-order valence-corrected chi connectivity index (χ1v) is 12.8. The summed E-state index contributed by atoms with van der Waals surface area (Å²) >= 11 is 0. The summed E-state index contributed by atoms with van der Waals surface area (Å²) in [6.45, 7) is 1.54. The van der Waals surface area contributed by atoms with E-state index in [1.54, 1.807) is 31.5 Å². The molecular formula is C28H34N4O4. The third-order valence-electron chi connectivity index (χ3n) is 7.26. The number of carbonyl (C=O) groups is 2. The Bertz CT molecular complexity index is 1220. The van der Waals surface area contributed by atoms with Crippen LogP contribution in [0.15, 0.2) is 42.7 Å². The number of imidazole rings is 1. The predicted octanol–water partition coefficient (Wildman–Crippen LogP) is 4.28. The van der Waals surface area contributed by atoms with Crippen molar-refractivity contribution in [1.29, 1.82) is 0 Å². The molecule has 1 saturated carbocycles. The molecule has 1 N–H and O–H groups in total. The van der Waals surface area contributed by atoms with Gasteiger partial charge in [-0.3, -0.25) is 9.59 Å². The molecule has 0 saturated heterocycles. The number of nitrogens with zero attached hydrogens (tertiary/aromatic N) is 3. The maximum Gasteiger partial charge on any atom is 0.256 e. The molecule has 1 aliphatic heterocycles. The summed E-state index contributed by atoms with van der Waals surface area (Å²) in [6, 6.07) is 11.6. The van der Waals surface area contributed by atoms with E-state index in [1.165, 1.54) is 6.42 Å². The minimum Gasteiger partial charge on any atom is -0.488 e. The average molecular weight is 491 g/mol. The van der Waals surface area contributed by atoms with E-state index >= 15 is 0 Å². The molecule has 8 nitrogen and oxygen atoms in total. The summed E-state index contributed by atoms with van der Waals surface area (Å²) in [4.78, 5) is 33.0. The number of fused-ring (bicyclic) bond motifs is 2. The first kappa shape index (κ1) is 24.3. The summed E-state index contributed by atoms with van der Waals surface area (Å²) in [5, 5.41) is 3.07. The highest BCUT2D eigenvalue weighted by atomic mass is 16.5. The van der Waals surface area contributed by atoms with Crippen LogP contribution in [0.5, 0.6) is 5.75 Å². The van der Waals surface area contributed by atoms with Crippen LogP contribution >= 0.6 is 0 Å². The van der Waals surface area contributed by atoms with E-state index in [2.05, 4.69) is 16.4 Å². The number of methoxy groups -OCH3 is 1. The molecule has 0 spiro atoms. The molecule has 2 aromatic carbocycles. The molecule has 0 radical (unpaired) electrons. The Morgan fingerprint density at radius 1 is 1.19 bits per heavy atom. The van der Waals surface area contributed by atoms with Gasteiger partial charge in [0.05, 0.1) is 36.1 Å². The highest BCUT2D eigenvalue weighted by molar-refractivity contribution is 6.07. The molecule has 1 atom stereocenters. The van der Waals surface area contributed by atoms with Gasteiger partial charge in [-0.2, -0.15) is 0 Å². The number of para-hydroxylation sites is 1. The third kappa shape index (κ3) is 5.09. The van der Waals surface area contributed by atoms with Gasteiger partial charge in [0.15, 0.2) is 0 Å². The Hall–Kier alpha value is -3.39. The number of benzene rings is 2. The molecule has 1 aliphatic carbocycles. The Morgan fingerprint density at radius 2 is 2.00 bits per heavy atom. The summed E-state index contributed by atoms with van der Waals surface area (Å²) < 4.78 is 13.3. The molecule has 3 aromatic rings. The van der Waals surface area contributed by atoms with Crippen LogP contribution in [0, 0.1) is 5.92 Å². The number of rotatable bonds is 8. The number of anilines is 1. The third-order valence-corrected chi connectivity index (χ3v) is 7.26. The largest absolute Gasteiger partial charge is 0.488 e. The van der Waals surface area contributed by atoms with E-state index in [9.17, 15) is 9.59 Å². The minimum atomic E-state index is -0.132. The minimum absolute atomic E-state index is 0.0247. The predicted molar refractivity (Wildman–Crippen MR) is 138 cm³/mol. The molecule has 8 heteroatoms. The van der Waals surface area contributed by atoms with Gasteiger partial charge in [-0.05, 0) is 36.6 Å². The zero-order valence-electron chi connectivity index (χ0n) is 21.0.